The van der Waals surface area contributed by atoms with E-state index in [1.807, 2.05) is 30.3 Å². The highest BCUT2D eigenvalue weighted by molar-refractivity contribution is 7.86. The van der Waals surface area contributed by atoms with Crippen molar-refractivity contribution in [2.24, 2.45) is 0 Å². The first-order valence-electron chi connectivity index (χ1n) is 13.1. The average molecular weight is 517 g/mol. The molecule has 0 amide bonds. The normalized spacial score (nSPS) is 13.3. The zero-order valence-electron chi connectivity index (χ0n) is 22.9. The molecule has 0 fully saturated rings. The summed E-state index contributed by atoms with van der Waals surface area (Å²) >= 11 is 0. The van der Waals surface area contributed by atoms with Crippen molar-refractivity contribution in [3.05, 3.63) is 125 Å². The summed E-state index contributed by atoms with van der Waals surface area (Å²) in [4.78, 5) is 0. The van der Waals surface area contributed by atoms with Gasteiger partial charge >= 0.3 is 0 Å². The summed E-state index contributed by atoms with van der Waals surface area (Å²) in [5.41, 5.74) is 11.7. The van der Waals surface area contributed by atoms with Crippen LogP contribution in [0.1, 0.15) is 33.4 Å². The number of aromatic nitrogens is 2. The summed E-state index contributed by atoms with van der Waals surface area (Å²) in [6.07, 6.45) is 8.45. The van der Waals surface area contributed by atoms with Crippen LogP contribution in [0.25, 0.3) is 22.5 Å². The molecule has 0 atom stereocenters. The maximum absolute atomic E-state index is 15.4. The first-order chi connectivity index (χ1) is 18.2. The first kappa shape index (κ1) is 24.5. The second kappa shape index (κ2) is 8.89. The fourth-order valence-corrected chi connectivity index (χ4v) is 9.46. The minimum Gasteiger partial charge on any atom is -0.308 e. The van der Waals surface area contributed by atoms with Crippen molar-refractivity contribution in [3.63, 3.8) is 0 Å². The number of benzene rings is 3. The number of rotatable bonds is 3. The molecule has 0 saturated heterocycles. The van der Waals surface area contributed by atoms with Gasteiger partial charge in [0, 0.05) is 50.8 Å². The largest absolute Gasteiger partial charge is 0.308 e. The maximum atomic E-state index is 15.4. The second-order valence-electron chi connectivity index (χ2n) is 10.7. The summed E-state index contributed by atoms with van der Waals surface area (Å²) in [5.74, 6) is 0. The SMILES string of the molecule is Cc1cc(C)c(-[n+]2ccc3c(c2)P(=O)(c2ccccc2)c2c[n+](-c4c(C)cc(C)cc4C)ccc2-3)c(C)c1. The number of fused-ring (bicyclic) bond motifs is 3. The monoisotopic (exact) mass is 516 g/mol. The van der Waals surface area contributed by atoms with E-state index >= 15 is 4.57 Å². The van der Waals surface area contributed by atoms with Crippen LogP contribution in [0.3, 0.4) is 0 Å². The van der Waals surface area contributed by atoms with E-state index in [2.05, 4.69) is 112 Å². The van der Waals surface area contributed by atoms with Gasteiger partial charge in [-0.05, 0) is 65.8 Å². The molecule has 0 aliphatic carbocycles. The van der Waals surface area contributed by atoms with Gasteiger partial charge in [-0.15, -0.1) is 0 Å². The molecule has 1 aliphatic rings. The van der Waals surface area contributed by atoms with E-state index < -0.39 is 7.14 Å². The van der Waals surface area contributed by atoms with Gasteiger partial charge in [0.15, 0.2) is 31.9 Å². The predicted molar refractivity (Wildman–Crippen MR) is 156 cm³/mol. The van der Waals surface area contributed by atoms with Crippen LogP contribution in [0.4, 0.5) is 0 Å². The number of nitrogens with zero attached hydrogens (tertiary/aromatic N) is 2. The highest BCUT2D eigenvalue weighted by atomic mass is 31.2. The Morgan fingerprint density at radius 3 is 1.34 bits per heavy atom. The molecule has 6 rings (SSSR count). The van der Waals surface area contributed by atoms with Crippen LogP contribution in [0.5, 0.6) is 0 Å². The maximum Gasteiger partial charge on any atom is 0.216 e. The van der Waals surface area contributed by atoms with Crippen molar-refractivity contribution >= 4 is 23.1 Å². The summed E-state index contributed by atoms with van der Waals surface area (Å²) in [6.45, 7) is 12.9. The summed E-state index contributed by atoms with van der Waals surface area (Å²) in [7, 11) is -3.12. The van der Waals surface area contributed by atoms with Crippen LogP contribution in [0.2, 0.25) is 0 Å². The second-order valence-corrected chi connectivity index (χ2v) is 13.4. The predicted octanol–water partition coefficient (Wildman–Crippen LogP) is 5.71. The fourth-order valence-electron chi connectivity index (χ4n) is 6.41. The molecular weight excluding hydrogens is 483 g/mol. The van der Waals surface area contributed by atoms with Gasteiger partial charge in [0.1, 0.15) is 0 Å². The summed E-state index contributed by atoms with van der Waals surface area (Å²) in [5, 5.41) is 2.66. The molecule has 188 valence electrons. The molecule has 0 saturated carbocycles. The third-order valence-corrected chi connectivity index (χ3v) is 10.8. The van der Waals surface area contributed by atoms with Crippen molar-refractivity contribution < 1.29 is 13.7 Å². The molecule has 0 radical (unpaired) electrons. The van der Waals surface area contributed by atoms with Crippen LogP contribution < -0.4 is 25.0 Å². The number of hydrogen-bond acceptors (Lipinski definition) is 1. The van der Waals surface area contributed by atoms with E-state index in [0.29, 0.717) is 0 Å². The van der Waals surface area contributed by atoms with E-state index in [1.165, 1.54) is 33.4 Å². The van der Waals surface area contributed by atoms with Crippen LogP contribution in [0, 0.1) is 41.5 Å². The van der Waals surface area contributed by atoms with Crippen molar-refractivity contribution in [3.8, 4) is 22.5 Å². The van der Waals surface area contributed by atoms with Gasteiger partial charge in [0.25, 0.3) is 0 Å². The van der Waals surface area contributed by atoms with E-state index in [0.717, 1.165) is 38.4 Å². The standard InChI is InChI=1S/C34H33N2OP/c1-22-16-24(3)33(25(4)17-22)35-14-12-29-30-13-15-36(34-26(5)18-23(2)19-27(34)6)21-32(30)38(37,31(29)20-35)28-10-8-7-9-11-28/h7-21H,1-6H3/q+2. The Hall–Kier alpha value is -3.81. The molecule has 0 unspecified atom stereocenters. The average Bonchev–Trinajstić information content (AvgIpc) is 3.12. The van der Waals surface area contributed by atoms with E-state index in [4.69, 9.17) is 0 Å². The minimum atomic E-state index is -3.12. The lowest BCUT2D eigenvalue weighted by molar-refractivity contribution is -0.595. The molecular formula is C34H33N2OP+2. The van der Waals surface area contributed by atoms with Crippen molar-refractivity contribution in [2.75, 3.05) is 0 Å². The molecule has 4 heteroatoms. The van der Waals surface area contributed by atoms with E-state index in [9.17, 15) is 0 Å². The zero-order valence-corrected chi connectivity index (χ0v) is 23.8. The quantitative estimate of drug-likeness (QED) is 0.219. The molecule has 0 bridgehead atoms. The lowest BCUT2D eigenvalue weighted by Crippen LogP contribution is -2.38. The van der Waals surface area contributed by atoms with E-state index in [1.54, 1.807) is 0 Å². The molecule has 38 heavy (non-hydrogen) atoms. The van der Waals surface area contributed by atoms with Crippen LogP contribution >= 0.6 is 7.14 Å². The van der Waals surface area contributed by atoms with Gasteiger partial charge in [-0.25, -0.2) is 0 Å². The highest BCUT2D eigenvalue weighted by Crippen LogP contribution is 2.51. The van der Waals surface area contributed by atoms with Crippen molar-refractivity contribution in [1.29, 1.82) is 0 Å². The Balaban J connectivity index is 1.62. The smallest absolute Gasteiger partial charge is 0.216 e. The van der Waals surface area contributed by atoms with Gasteiger partial charge < -0.3 is 4.57 Å². The molecule has 3 heterocycles. The Morgan fingerprint density at radius 1 is 0.553 bits per heavy atom. The number of aryl methyl sites for hydroxylation is 6. The Kier molecular flexibility index (Phi) is 5.74. The Labute approximate surface area is 225 Å². The molecule has 1 aliphatic heterocycles. The van der Waals surface area contributed by atoms with Gasteiger partial charge in [0.2, 0.25) is 11.4 Å². The minimum absolute atomic E-state index is 0.866. The van der Waals surface area contributed by atoms with Crippen molar-refractivity contribution in [1.82, 2.24) is 0 Å². The molecule has 5 aromatic rings. The third-order valence-electron chi connectivity index (χ3n) is 7.75. The van der Waals surface area contributed by atoms with Gasteiger partial charge in [0.05, 0.1) is 10.6 Å². The van der Waals surface area contributed by atoms with E-state index in [-0.39, 0.29) is 0 Å². The molecule has 3 nitrogen and oxygen atoms in total. The van der Waals surface area contributed by atoms with Gasteiger partial charge in [-0.1, -0.05) is 41.5 Å². The third kappa shape index (κ3) is 3.68. The Bertz CT molecular complexity index is 1650. The first-order valence-corrected chi connectivity index (χ1v) is 14.8. The van der Waals surface area contributed by atoms with Crippen molar-refractivity contribution in [2.45, 2.75) is 41.5 Å². The molecule has 2 aromatic heterocycles. The van der Waals surface area contributed by atoms with Gasteiger partial charge in [-0.2, -0.15) is 9.13 Å². The Morgan fingerprint density at radius 2 is 0.947 bits per heavy atom. The lowest BCUT2D eigenvalue weighted by Gasteiger charge is -2.14. The zero-order chi connectivity index (χ0) is 26.8. The number of pyridine rings is 2. The number of hydrogen-bond donors (Lipinski definition) is 0. The molecule has 3 aromatic carbocycles. The molecule has 0 N–H and O–H groups in total. The van der Waals surface area contributed by atoms with Gasteiger partial charge in [-0.3, -0.25) is 0 Å². The van der Waals surface area contributed by atoms with Crippen LogP contribution in [-0.2, 0) is 4.57 Å². The summed E-state index contributed by atoms with van der Waals surface area (Å²) < 4.78 is 19.8. The fraction of sp³-hybridized carbons (Fsp3) is 0.176. The highest BCUT2D eigenvalue weighted by Gasteiger charge is 2.45. The van der Waals surface area contributed by atoms with Crippen LogP contribution in [-0.4, -0.2) is 0 Å². The lowest BCUT2D eigenvalue weighted by atomic mass is 10.0. The summed E-state index contributed by atoms with van der Waals surface area (Å²) in [6, 6.07) is 23.1. The van der Waals surface area contributed by atoms with Crippen LogP contribution in [0.15, 0.2) is 91.5 Å². The molecule has 0 spiro atoms. The topological polar surface area (TPSA) is 24.8 Å².